The van der Waals surface area contributed by atoms with Crippen molar-refractivity contribution in [2.24, 2.45) is 11.8 Å². The third-order valence-electron chi connectivity index (χ3n) is 3.91. The summed E-state index contributed by atoms with van der Waals surface area (Å²) in [6, 6.07) is 7.50. The van der Waals surface area contributed by atoms with Gasteiger partial charge < -0.3 is 10.4 Å². The summed E-state index contributed by atoms with van der Waals surface area (Å²) in [5.74, 6) is 1.16. The van der Waals surface area contributed by atoms with Crippen LogP contribution in [0.2, 0.25) is 5.02 Å². The lowest BCUT2D eigenvalue weighted by molar-refractivity contribution is 0.170. The number of anilines is 1. The smallest absolute Gasteiger partial charge is 0.101 e. The lowest BCUT2D eigenvalue weighted by atomic mass is 9.82. The van der Waals surface area contributed by atoms with Crippen LogP contribution in [0.3, 0.4) is 0 Å². The van der Waals surface area contributed by atoms with Crippen LogP contribution in [0.25, 0.3) is 0 Å². The van der Waals surface area contributed by atoms with Crippen LogP contribution in [0.15, 0.2) is 18.2 Å². The fourth-order valence-corrected chi connectivity index (χ4v) is 2.82. The normalized spacial score (nSPS) is 22.8. The number of nitriles is 1. The Morgan fingerprint density at radius 2 is 1.95 bits per heavy atom. The summed E-state index contributed by atoms with van der Waals surface area (Å²) in [6.45, 7) is 1.26. The van der Waals surface area contributed by atoms with Crippen LogP contribution in [0, 0.1) is 23.2 Å². The molecule has 0 spiro atoms. The summed E-state index contributed by atoms with van der Waals surface area (Å²) in [5.41, 5.74) is 1.48. The van der Waals surface area contributed by atoms with Crippen molar-refractivity contribution in [1.82, 2.24) is 0 Å². The maximum atomic E-state index is 9.11. The van der Waals surface area contributed by atoms with Crippen molar-refractivity contribution in [3.05, 3.63) is 28.8 Å². The highest BCUT2D eigenvalue weighted by molar-refractivity contribution is 6.32. The van der Waals surface area contributed by atoms with Crippen LogP contribution in [-0.4, -0.2) is 18.3 Å². The topological polar surface area (TPSA) is 56.0 Å². The number of hydrogen-bond acceptors (Lipinski definition) is 3. The molecule has 0 aliphatic heterocycles. The Morgan fingerprint density at radius 3 is 2.53 bits per heavy atom. The van der Waals surface area contributed by atoms with Gasteiger partial charge in [-0.1, -0.05) is 11.6 Å². The van der Waals surface area contributed by atoms with Gasteiger partial charge in [-0.2, -0.15) is 5.26 Å². The van der Waals surface area contributed by atoms with Crippen LogP contribution in [-0.2, 0) is 0 Å². The highest BCUT2D eigenvalue weighted by Gasteiger charge is 2.20. The second kappa shape index (κ2) is 6.79. The molecule has 0 saturated heterocycles. The Hall–Kier alpha value is -1.24. The van der Waals surface area contributed by atoms with Gasteiger partial charge in [0.1, 0.15) is 6.07 Å². The fraction of sp³-hybridized carbons (Fsp3) is 0.533. The van der Waals surface area contributed by atoms with Gasteiger partial charge in [0.2, 0.25) is 0 Å². The molecule has 1 aromatic carbocycles. The van der Waals surface area contributed by atoms with E-state index >= 15 is 0 Å². The lowest BCUT2D eigenvalue weighted by Crippen LogP contribution is -2.22. The molecular formula is C15H19ClN2O. The van der Waals surface area contributed by atoms with Gasteiger partial charge in [0.15, 0.2) is 0 Å². The Kier molecular flexibility index (Phi) is 5.07. The molecule has 2 N–H and O–H groups in total. The molecule has 0 atom stereocenters. The van der Waals surface area contributed by atoms with E-state index in [1.807, 2.05) is 6.07 Å². The summed E-state index contributed by atoms with van der Waals surface area (Å²) in [7, 11) is 0. The number of hydrogen-bond donors (Lipinski definition) is 2. The Labute approximate surface area is 119 Å². The van der Waals surface area contributed by atoms with Crippen molar-refractivity contribution < 1.29 is 5.11 Å². The van der Waals surface area contributed by atoms with Crippen molar-refractivity contribution in [3.63, 3.8) is 0 Å². The van der Waals surface area contributed by atoms with E-state index in [4.69, 9.17) is 22.0 Å². The summed E-state index contributed by atoms with van der Waals surface area (Å²) in [6.07, 6.45) is 4.58. The third-order valence-corrected chi connectivity index (χ3v) is 4.22. The molecule has 1 aliphatic rings. The zero-order valence-corrected chi connectivity index (χ0v) is 11.7. The molecule has 2 rings (SSSR count). The summed E-state index contributed by atoms with van der Waals surface area (Å²) in [4.78, 5) is 0. The minimum atomic E-state index is 0.325. The molecule has 0 amide bonds. The van der Waals surface area contributed by atoms with E-state index in [9.17, 15) is 0 Å². The minimum absolute atomic E-state index is 0.325. The van der Waals surface area contributed by atoms with Gasteiger partial charge in [0.05, 0.1) is 10.6 Å². The van der Waals surface area contributed by atoms with E-state index in [0.717, 1.165) is 25.1 Å². The molecule has 4 heteroatoms. The summed E-state index contributed by atoms with van der Waals surface area (Å²) < 4.78 is 0. The number of aliphatic hydroxyl groups is 1. The van der Waals surface area contributed by atoms with Crippen LogP contribution in [0.4, 0.5) is 5.69 Å². The third kappa shape index (κ3) is 3.86. The Bertz CT molecular complexity index is 462. The van der Waals surface area contributed by atoms with Gasteiger partial charge in [-0.05, 0) is 55.7 Å². The van der Waals surface area contributed by atoms with Gasteiger partial charge in [-0.15, -0.1) is 0 Å². The average Bonchev–Trinajstić information content (AvgIpc) is 2.46. The molecule has 0 radical (unpaired) electrons. The van der Waals surface area contributed by atoms with Crippen LogP contribution < -0.4 is 5.32 Å². The molecule has 102 valence electrons. The molecule has 1 saturated carbocycles. The molecular weight excluding hydrogens is 260 g/mol. The van der Waals surface area contributed by atoms with Crippen molar-refractivity contribution in [2.45, 2.75) is 25.7 Å². The first-order chi connectivity index (χ1) is 9.22. The van der Waals surface area contributed by atoms with E-state index in [0.29, 0.717) is 29.0 Å². The SMILES string of the molecule is N#Cc1ccc(NCC2CCC(CO)CC2)cc1Cl. The quantitative estimate of drug-likeness (QED) is 0.887. The molecule has 1 aromatic rings. The van der Waals surface area contributed by atoms with Crippen molar-refractivity contribution in [3.8, 4) is 6.07 Å². The summed E-state index contributed by atoms with van der Waals surface area (Å²) >= 11 is 6.00. The fourth-order valence-electron chi connectivity index (χ4n) is 2.60. The van der Waals surface area contributed by atoms with Crippen molar-refractivity contribution in [2.75, 3.05) is 18.5 Å². The standard InChI is InChI=1S/C15H19ClN2O/c16-15-7-14(6-5-13(15)8-17)18-9-11-1-3-12(10-19)4-2-11/h5-7,11-12,18-19H,1-4,9-10H2. The van der Waals surface area contributed by atoms with Gasteiger partial charge in [-0.25, -0.2) is 0 Å². The van der Waals surface area contributed by atoms with Gasteiger partial charge in [-0.3, -0.25) is 0 Å². The van der Waals surface area contributed by atoms with Crippen LogP contribution in [0.5, 0.6) is 0 Å². The largest absolute Gasteiger partial charge is 0.396 e. The van der Waals surface area contributed by atoms with Gasteiger partial charge in [0, 0.05) is 18.8 Å². The van der Waals surface area contributed by atoms with E-state index in [2.05, 4.69) is 11.4 Å². The second-order valence-electron chi connectivity index (χ2n) is 5.26. The van der Waals surface area contributed by atoms with Crippen molar-refractivity contribution in [1.29, 1.82) is 5.26 Å². The van der Waals surface area contributed by atoms with Crippen LogP contribution in [0.1, 0.15) is 31.2 Å². The number of halogens is 1. The number of nitrogens with zero attached hydrogens (tertiary/aromatic N) is 1. The molecule has 1 aliphatic carbocycles. The van der Waals surface area contributed by atoms with E-state index in [-0.39, 0.29) is 0 Å². The molecule has 3 nitrogen and oxygen atoms in total. The molecule has 1 fully saturated rings. The maximum Gasteiger partial charge on any atom is 0.101 e. The van der Waals surface area contributed by atoms with Crippen molar-refractivity contribution >= 4 is 17.3 Å². The first kappa shape index (κ1) is 14.2. The number of nitrogens with one attached hydrogen (secondary N) is 1. The monoisotopic (exact) mass is 278 g/mol. The maximum absolute atomic E-state index is 9.11. The number of rotatable bonds is 4. The average molecular weight is 279 g/mol. The summed E-state index contributed by atoms with van der Waals surface area (Å²) in [5, 5.41) is 21.8. The zero-order valence-electron chi connectivity index (χ0n) is 10.9. The van der Waals surface area contributed by atoms with E-state index < -0.39 is 0 Å². The Morgan fingerprint density at radius 1 is 1.26 bits per heavy atom. The van der Waals surface area contributed by atoms with Gasteiger partial charge >= 0.3 is 0 Å². The molecule has 19 heavy (non-hydrogen) atoms. The van der Waals surface area contributed by atoms with E-state index in [1.54, 1.807) is 12.1 Å². The number of aliphatic hydroxyl groups excluding tert-OH is 1. The second-order valence-corrected chi connectivity index (χ2v) is 5.66. The Balaban J connectivity index is 1.83. The highest BCUT2D eigenvalue weighted by Crippen LogP contribution is 2.29. The molecule has 0 heterocycles. The first-order valence-corrected chi connectivity index (χ1v) is 7.15. The molecule has 0 unspecified atom stereocenters. The molecule has 0 aromatic heterocycles. The first-order valence-electron chi connectivity index (χ1n) is 6.77. The predicted octanol–water partition coefficient (Wildman–Crippen LogP) is 3.42. The van der Waals surface area contributed by atoms with E-state index in [1.165, 1.54) is 12.8 Å². The van der Waals surface area contributed by atoms with Crippen LogP contribution >= 0.6 is 11.6 Å². The number of benzene rings is 1. The van der Waals surface area contributed by atoms with Gasteiger partial charge in [0.25, 0.3) is 0 Å². The minimum Gasteiger partial charge on any atom is -0.396 e. The highest BCUT2D eigenvalue weighted by atomic mass is 35.5. The predicted molar refractivity (Wildman–Crippen MR) is 77.2 cm³/mol. The zero-order chi connectivity index (χ0) is 13.7. The lowest BCUT2D eigenvalue weighted by Gasteiger charge is -2.27. The molecule has 0 bridgehead atoms.